The summed E-state index contributed by atoms with van der Waals surface area (Å²) in [6.07, 6.45) is 0. The van der Waals surface area contributed by atoms with E-state index in [1.54, 1.807) is 12.1 Å². The second-order valence-electron chi connectivity index (χ2n) is 4.33. The quantitative estimate of drug-likeness (QED) is 0.719. The summed E-state index contributed by atoms with van der Waals surface area (Å²) in [5, 5.41) is 5.26. The Balaban J connectivity index is 1.87. The zero-order valence-corrected chi connectivity index (χ0v) is 12.2. The van der Waals surface area contributed by atoms with Crippen LogP contribution in [-0.2, 0) is 4.79 Å². The second-order valence-corrected chi connectivity index (χ2v) is 5.11. The van der Waals surface area contributed by atoms with E-state index >= 15 is 0 Å². The van der Waals surface area contributed by atoms with Crippen LogP contribution in [0, 0.1) is 0 Å². The number of rotatable bonds is 2. The fourth-order valence-corrected chi connectivity index (χ4v) is 2.18. The number of furan rings is 1. The Morgan fingerprint density at radius 2 is 2.19 bits per heavy atom. The van der Waals surface area contributed by atoms with Gasteiger partial charge in [-0.2, -0.15) is 0 Å². The predicted molar refractivity (Wildman–Crippen MR) is 79.3 cm³/mol. The first-order chi connectivity index (χ1) is 10.0. The average Bonchev–Trinajstić information content (AvgIpc) is 2.87. The maximum absolute atomic E-state index is 12.0. The first kappa shape index (κ1) is 13.5. The molecule has 1 aromatic heterocycles. The van der Waals surface area contributed by atoms with Crippen molar-refractivity contribution in [1.82, 2.24) is 0 Å². The molecule has 2 heterocycles. The molecular formula is C13H10BrN3O4. The fraction of sp³-hybridized carbons (Fsp3) is 0.0769. The zero-order chi connectivity index (χ0) is 15.0. The number of nitrogen functional groups attached to an aromatic ring is 1. The average molecular weight is 352 g/mol. The fourth-order valence-electron chi connectivity index (χ4n) is 1.87. The summed E-state index contributed by atoms with van der Waals surface area (Å²) in [5.41, 5.74) is 7.00. The third-order valence-corrected chi connectivity index (χ3v) is 3.26. The molecule has 1 aliphatic rings. The summed E-state index contributed by atoms with van der Waals surface area (Å²) in [5.74, 6) is -0.111. The van der Waals surface area contributed by atoms with Gasteiger partial charge in [-0.3, -0.25) is 9.59 Å². The number of fused-ring (bicyclic) bond motifs is 1. The lowest BCUT2D eigenvalue weighted by Crippen LogP contribution is -2.25. The molecule has 0 spiro atoms. The van der Waals surface area contributed by atoms with Crippen molar-refractivity contribution in [2.24, 2.45) is 0 Å². The van der Waals surface area contributed by atoms with E-state index in [4.69, 9.17) is 14.9 Å². The van der Waals surface area contributed by atoms with Crippen molar-refractivity contribution in [2.75, 3.05) is 23.0 Å². The molecule has 1 aromatic carbocycles. The standard InChI is InChI=1S/C13H10BrN3O4/c14-11-2-1-9(21-11)13(19)17-7-4-8-10(3-6(7)15)20-5-12(18)16-8/h1-4H,5,15H2,(H,16,18)(H,17,19). The highest BCUT2D eigenvalue weighted by atomic mass is 79.9. The molecule has 0 atom stereocenters. The van der Waals surface area contributed by atoms with E-state index in [-0.39, 0.29) is 18.3 Å². The van der Waals surface area contributed by atoms with E-state index in [0.29, 0.717) is 27.5 Å². The van der Waals surface area contributed by atoms with Gasteiger partial charge >= 0.3 is 0 Å². The first-order valence-electron chi connectivity index (χ1n) is 5.96. The summed E-state index contributed by atoms with van der Waals surface area (Å²) < 4.78 is 10.8. The van der Waals surface area contributed by atoms with Crippen LogP contribution in [0.5, 0.6) is 5.75 Å². The molecule has 0 unspecified atom stereocenters. The molecule has 1 aliphatic heterocycles. The van der Waals surface area contributed by atoms with Gasteiger partial charge in [-0.05, 0) is 34.1 Å². The first-order valence-corrected chi connectivity index (χ1v) is 6.75. The van der Waals surface area contributed by atoms with E-state index in [1.807, 2.05) is 0 Å². The van der Waals surface area contributed by atoms with Gasteiger partial charge in [-0.1, -0.05) is 0 Å². The van der Waals surface area contributed by atoms with Crippen LogP contribution in [0.1, 0.15) is 10.6 Å². The Morgan fingerprint density at radius 3 is 2.90 bits per heavy atom. The van der Waals surface area contributed by atoms with Crippen LogP contribution in [0.25, 0.3) is 0 Å². The zero-order valence-electron chi connectivity index (χ0n) is 10.6. The molecule has 8 heteroatoms. The number of carbonyl (C=O) groups excluding carboxylic acids is 2. The van der Waals surface area contributed by atoms with Gasteiger partial charge in [0.05, 0.1) is 17.1 Å². The third-order valence-electron chi connectivity index (χ3n) is 2.83. The largest absolute Gasteiger partial charge is 0.482 e. The van der Waals surface area contributed by atoms with Gasteiger partial charge in [-0.25, -0.2) is 0 Å². The van der Waals surface area contributed by atoms with Gasteiger partial charge in [-0.15, -0.1) is 0 Å². The monoisotopic (exact) mass is 351 g/mol. The number of amides is 2. The van der Waals surface area contributed by atoms with Crippen LogP contribution in [0.4, 0.5) is 17.1 Å². The van der Waals surface area contributed by atoms with E-state index < -0.39 is 5.91 Å². The maximum atomic E-state index is 12.0. The van der Waals surface area contributed by atoms with Gasteiger partial charge < -0.3 is 25.5 Å². The molecule has 0 radical (unpaired) electrons. The topological polar surface area (TPSA) is 107 Å². The Kier molecular flexibility index (Phi) is 3.30. The van der Waals surface area contributed by atoms with Crippen molar-refractivity contribution in [1.29, 1.82) is 0 Å². The van der Waals surface area contributed by atoms with Crippen molar-refractivity contribution < 1.29 is 18.7 Å². The van der Waals surface area contributed by atoms with Crippen molar-refractivity contribution in [3.05, 3.63) is 34.7 Å². The number of nitrogens with two attached hydrogens (primary N) is 1. The number of benzene rings is 1. The molecule has 2 amide bonds. The molecule has 0 aliphatic carbocycles. The highest BCUT2D eigenvalue weighted by molar-refractivity contribution is 9.10. The molecule has 4 N–H and O–H groups in total. The molecule has 0 fully saturated rings. The minimum Gasteiger partial charge on any atom is -0.482 e. The number of hydrogen-bond donors (Lipinski definition) is 3. The van der Waals surface area contributed by atoms with Gasteiger partial charge in [0.2, 0.25) is 0 Å². The number of ether oxygens (including phenoxy) is 1. The summed E-state index contributed by atoms with van der Waals surface area (Å²) in [6.45, 7) is -0.0570. The predicted octanol–water partition coefficient (Wildman–Crippen LogP) is 2.21. The van der Waals surface area contributed by atoms with E-state index in [2.05, 4.69) is 26.6 Å². The smallest absolute Gasteiger partial charge is 0.291 e. The molecular weight excluding hydrogens is 342 g/mol. The molecule has 21 heavy (non-hydrogen) atoms. The summed E-state index contributed by atoms with van der Waals surface area (Å²) >= 11 is 3.12. The van der Waals surface area contributed by atoms with Gasteiger partial charge in [0, 0.05) is 6.07 Å². The minimum absolute atomic E-state index is 0.0570. The van der Waals surface area contributed by atoms with Crippen LogP contribution >= 0.6 is 15.9 Å². The highest BCUT2D eigenvalue weighted by Crippen LogP contribution is 2.35. The van der Waals surface area contributed by atoms with Crippen molar-refractivity contribution in [3.8, 4) is 5.75 Å². The molecule has 0 bridgehead atoms. The lowest BCUT2D eigenvalue weighted by molar-refractivity contribution is -0.118. The molecule has 0 saturated heterocycles. The Morgan fingerprint density at radius 1 is 1.38 bits per heavy atom. The lowest BCUT2D eigenvalue weighted by atomic mass is 10.2. The Labute approximate surface area is 127 Å². The summed E-state index contributed by atoms with van der Waals surface area (Å²) in [7, 11) is 0. The number of halogens is 1. The van der Waals surface area contributed by atoms with Crippen LogP contribution < -0.4 is 21.1 Å². The third kappa shape index (κ3) is 2.70. The Hall–Kier alpha value is -2.48. The van der Waals surface area contributed by atoms with Crippen LogP contribution in [-0.4, -0.2) is 18.4 Å². The van der Waals surface area contributed by atoms with E-state index in [1.165, 1.54) is 12.1 Å². The highest BCUT2D eigenvalue weighted by Gasteiger charge is 2.19. The number of carbonyl (C=O) groups is 2. The molecule has 0 saturated carbocycles. The summed E-state index contributed by atoms with van der Waals surface area (Å²) in [4.78, 5) is 23.3. The molecule has 3 rings (SSSR count). The van der Waals surface area contributed by atoms with Gasteiger partial charge in [0.15, 0.2) is 17.0 Å². The minimum atomic E-state index is -0.449. The van der Waals surface area contributed by atoms with Gasteiger partial charge in [0.1, 0.15) is 5.75 Å². The van der Waals surface area contributed by atoms with Gasteiger partial charge in [0.25, 0.3) is 11.8 Å². The maximum Gasteiger partial charge on any atom is 0.291 e. The van der Waals surface area contributed by atoms with E-state index in [9.17, 15) is 9.59 Å². The number of hydrogen-bond acceptors (Lipinski definition) is 5. The summed E-state index contributed by atoms with van der Waals surface area (Å²) in [6, 6.07) is 6.22. The van der Waals surface area contributed by atoms with Crippen LogP contribution in [0.3, 0.4) is 0 Å². The molecule has 7 nitrogen and oxygen atoms in total. The Bertz CT molecular complexity index is 741. The van der Waals surface area contributed by atoms with Crippen molar-refractivity contribution in [2.45, 2.75) is 0 Å². The lowest BCUT2D eigenvalue weighted by Gasteiger charge is -2.19. The number of nitrogens with one attached hydrogen (secondary N) is 2. The van der Waals surface area contributed by atoms with Crippen LogP contribution in [0.15, 0.2) is 33.4 Å². The normalized spacial score (nSPS) is 13.1. The number of anilines is 3. The van der Waals surface area contributed by atoms with Crippen molar-refractivity contribution >= 4 is 44.8 Å². The molecule has 108 valence electrons. The van der Waals surface area contributed by atoms with Crippen molar-refractivity contribution in [3.63, 3.8) is 0 Å². The molecule has 2 aromatic rings. The SMILES string of the molecule is Nc1cc2c(cc1NC(=O)c1ccc(Br)o1)NC(=O)CO2. The van der Waals surface area contributed by atoms with Crippen LogP contribution in [0.2, 0.25) is 0 Å². The van der Waals surface area contributed by atoms with E-state index in [0.717, 1.165) is 0 Å². The second kappa shape index (κ2) is 5.13.